The molecule has 0 bridgehead atoms. The molecule has 4 nitrogen and oxygen atoms in total. The second kappa shape index (κ2) is 9.45. The molecule has 24 heavy (non-hydrogen) atoms. The summed E-state index contributed by atoms with van der Waals surface area (Å²) in [6.45, 7) is 0.567. The zero-order valence-corrected chi connectivity index (χ0v) is 15.2. The van der Waals surface area contributed by atoms with Crippen LogP contribution in [0.2, 0.25) is 5.02 Å². The van der Waals surface area contributed by atoms with Gasteiger partial charge in [-0.3, -0.25) is 4.79 Å². The molecule has 0 saturated heterocycles. The first-order chi connectivity index (χ1) is 11.6. The van der Waals surface area contributed by atoms with Crippen LogP contribution in [0, 0.1) is 0 Å². The standard InChI is InChI=1S/C18H20ClNO3S/c1-22-15-8-7-13(11-16(15)23-2)9-10-20-18(21)12-24-17-6-4-3-5-14(17)19/h3-8,11H,9-10,12H2,1-2H3,(H,20,21). The zero-order valence-electron chi connectivity index (χ0n) is 13.7. The van der Waals surface area contributed by atoms with Crippen molar-refractivity contribution in [2.75, 3.05) is 26.5 Å². The van der Waals surface area contributed by atoms with Crippen LogP contribution in [-0.4, -0.2) is 32.4 Å². The third kappa shape index (κ3) is 5.35. The minimum atomic E-state index is -0.0135. The van der Waals surface area contributed by atoms with Crippen LogP contribution in [0.15, 0.2) is 47.4 Å². The van der Waals surface area contributed by atoms with Crippen LogP contribution in [0.5, 0.6) is 11.5 Å². The number of carbonyl (C=O) groups excluding carboxylic acids is 1. The van der Waals surface area contributed by atoms with Crippen LogP contribution in [0.4, 0.5) is 0 Å². The van der Waals surface area contributed by atoms with Gasteiger partial charge >= 0.3 is 0 Å². The fraction of sp³-hybridized carbons (Fsp3) is 0.278. The highest BCUT2D eigenvalue weighted by atomic mass is 35.5. The zero-order chi connectivity index (χ0) is 17.4. The van der Waals surface area contributed by atoms with Crippen LogP contribution in [0.1, 0.15) is 5.56 Å². The van der Waals surface area contributed by atoms with Crippen LogP contribution >= 0.6 is 23.4 Å². The van der Waals surface area contributed by atoms with Crippen molar-refractivity contribution in [3.05, 3.63) is 53.1 Å². The molecule has 0 spiro atoms. The molecule has 0 aliphatic rings. The Morgan fingerprint density at radius 3 is 2.58 bits per heavy atom. The van der Waals surface area contributed by atoms with Gasteiger partial charge in [-0.1, -0.05) is 29.8 Å². The quantitative estimate of drug-likeness (QED) is 0.723. The van der Waals surface area contributed by atoms with Gasteiger partial charge < -0.3 is 14.8 Å². The van der Waals surface area contributed by atoms with E-state index in [2.05, 4.69) is 5.32 Å². The average Bonchev–Trinajstić information content (AvgIpc) is 2.61. The molecular formula is C18H20ClNO3S. The Morgan fingerprint density at radius 2 is 1.88 bits per heavy atom. The fourth-order valence-electron chi connectivity index (χ4n) is 2.14. The Morgan fingerprint density at radius 1 is 1.12 bits per heavy atom. The molecule has 2 aromatic rings. The molecule has 0 fully saturated rings. The summed E-state index contributed by atoms with van der Waals surface area (Å²) >= 11 is 7.50. The van der Waals surface area contributed by atoms with E-state index in [0.29, 0.717) is 28.8 Å². The Labute approximate surface area is 151 Å². The van der Waals surface area contributed by atoms with E-state index in [0.717, 1.165) is 16.9 Å². The van der Waals surface area contributed by atoms with Gasteiger partial charge in [-0.25, -0.2) is 0 Å². The first-order valence-electron chi connectivity index (χ1n) is 7.49. The number of nitrogens with one attached hydrogen (secondary N) is 1. The molecule has 0 radical (unpaired) electrons. The van der Waals surface area contributed by atoms with E-state index in [4.69, 9.17) is 21.1 Å². The van der Waals surface area contributed by atoms with Gasteiger partial charge in [-0.2, -0.15) is 0 Å². The first-order valence-corrected chi connectivity index (χ1v) is 8.85. The summed E-state index contributed by atoms with van der Waals surface area (Å²) in [5, 5.41) is 3.58. The van der Waals surface area contributed by atoms with E-state index in [9.17, 15) is 4.79 Å². The van der Waals surface area contributed by atoms with Crippen molar-refractivity contribution in [2.24, 2.45) is 0 Å². The van der Waals surface area contributed by atoms with Gasteiger partial charge in [0.05, 0.1) is 25.0 Å². The maximum atomic E-state index is 11.9. The summed E-state index contributed by atoms with van der Waals surface area (Å²) in [6.07, 6.45) is 0.725. The van der Waals surface area contributed by atoms with E-state index in [1.165, 1.54) is 11.8 Å². The highest BCUT2D eigenvalue weighted by Crippen LogP contribution is 2.28. The van der Waals surface area contributed by atoms with E-state index < -0.39 is 0 Å². The van der Waals surface area contributed by atoms with Crippen molar-refractivity contribution in [3.8, 4) is 11.5 Å². The van der Waals surface area contributed by atoms with Gasteiger partial charge in [-0.05, 0) is 36.2 Å². The maximum Gasteiger partial charge on any atom is 0.230 e. The lowest BCUT2D eigenvalue weighted by atomic mass is 10.1. The molecule has 6 heteroatoms. The van der Waals surface area contributed by atoms with Gasteiger partial charge in [0, 0.05) is 11.4 Å². The molecule has 2 aromatic carbocycles. The predicted molar refractivity (Wildman–Crippen MR) is 98.4 cm³/mol. The van der Waals surface area contributed by atoms with Gasteiger partial charge in [0.2, 0.25) is 5.91 Å². The average molecular weight is 366 g/mol. The second-order valence-electron chi connectivity index (χ2n) is 5.01. The lowest BCUT2D eigenvalue weighted by molar-refractivity contribution is -0.118. The van der Waals surface area contributed by atoms with Gasteiger partial charge in [-0.15, -0.1) is 11.8 Å². The molecule has 0 aromatic heterocycles. The number of ether oxygens (including phenoxy) is 2. The normalized spacial score (nSPS) is 10.3. The van der Waals surface area contributed by atoms with Crippen molar-refractivity contribution < 1.29 is 14.3 Å². The van der Waals surface area contributed by atoms with Crippen molar-refractivity contribution in [2.45, 2.75) is 11.3 Å². The molecule has 0 unspecified atom stereocenters. The predicted octanol–water partition coefficient (Wildman–Crippen LogP) is 3.81. The van der Waals surface area contributed by atoms with Gasteiger partial charge in [0.1, 0.15) is 0 Å². The summed E-state index contributed by atoms with van der Waals surface area (Å²) in [7, 11) is 3.21. The van der Waals surface area contributed by atoms with E-state index in [1.807, 2.05) is 42.5 Å². The van der Waals surface area contributed by atoms with Crippen molar-refractivity contribution in [3.63, 3.8) is 0 Å². The molecule has 128 valence electrons. The van der Waals surface area contributed by atoms with E-state index >= 15 is 0 Å². The van der Waals surface area contributed by atoms with E-state index in [-0.39, 0.29) is 5.91 Å². The Balaban J connectivity index is 1.77. The topological polar surface area (TPSA) is 47.6 Å². The van der Waals surface area contributed by atoms with E-state index in [1.54, 1.807) is 14.2 Å². The number of hydrogen-bond acceptors (Lipinski definition) is 4. The number of thioether (sulfide) groups is 1. The van der Waals surface area contributed by atoms with Crippen LogP contribution in [0.25, 0.3) is 0 Å². The summed E-state index contributed by atoms with van der Waals surface area (Å²) in [6, 6.07) is 13.3. The number of benzene rings is 2. The highest BCUT2D eigenvalue weighted by molar-refractivity contribution is 8.00. The third-order valence-electron chi connectivity index (χ3n) is 3.38. The molecule has 0 saturated carbocycles. The Hall–Kier alpha value is -1.85. The lowest BCUT2D eigenvalue weighted by Gasteiger charge is -2.10. The summed E-state index contributed by atoms with van der Waals surface area (Å²) in [5.74, 6) is 1.72. The largest absolute Gasteiger partial charge is 0.493 e. The van der Waals surface area contributed by atoms with Crippen LogP contribution in [0.3, 0.4) is 0 Å². The minimum Gasteiger partial charge on any atom is -0.493 e. The van der Waals surface area contributed by atoms with Crippen molar-refractivity contribution in [1.29, 1.82) is 0 Å². The number of amides is 1. The molecule has 1 N–H and O–H groups in total. The van der Waals surface area contributed by atoms with Crippen LogP contribution in [-0.2, 0) is 11.2 Å². The Kier molecular flexibility index (Phi) is 7.28. The number of methoxy groups -OCH3 is 2. The minimum absolute atomic E-state index is 0.0135. The van der Waals surface area contributed by atoms with Crippen molar-refractivity contribution >= 4 is 29.3 Å². The maximum absolute atomic E-state index is 11.9. The molecule has 0 atom stereocenters. The molecule has 0 aliphatic heterocycles. The van der Waals surface area contributed by atoms with Crippen LogP contribution < -0.4 is 14.8 Å². The van der Waals surface area contributed by atoms with Gasteiger partial charge in [0.25, 0.3) is 0 Å². The molecule has 0 heterocycles. The molecule has 2 rings (SSSR count). The Bertz CT molecular complexity index is 694. The summed E-state index contributed by atoms with van der Waals surface area (Å²) in [4.78, 5) is 12.8. The number of hydrogen-bond donors (Lipinski definition) is 1. The smallest absolute Gasteiger partial charge is 0.230 e. The molecule has 1 amide bonds. The molecular weight excluding hydrogens is 346 g/mol. The lowest BCUT2D eigenvalue weighted by Crippen LogP contribution is -2.27. The first kappa shape index (κ1) is 18.5. The number of halogens is 1. The second-order valence-corrected chi connectivity index (χ2v) is 6.43. The van der Waals surface area contributed by atoms with Crippen molar-refractivity contribution in [1.82, 2.24) is 5.32 Å². The van der Waals surface area contributed by atoms with Gasteiger partial charge in [0.15, 0.2) is 11.5 Å². The monoisotopic (exact) mass is 365 g/mol. The number of carbonyl (C=O) groups is 1. The molecule has 0 aliphatic carbocycles. The number of rotatable bonds is 8. The highest BCUT2D eigenvalue weighted by Gasteiger charge is 2.07. The summed E-state index contributed by atoms with van der Waals surface area (Å²) < 4.78 is 10.5. The fourth-order valence-corrected chi connectivity index (χ4v) is 3.21. The SMILES string of the molecule is COc1ccc(CCNC(=O)CSc2ccccc2Cl)cc1OC. The third-order valence-corrected chi connectivity index (χ3v) is 4.89. The summed E-state index contributed by atoms with van der Waals surface area (Å²) in [5.41, 5.74) is 1.08.